The van der Waals surface area contributed by atoms with E-state index in [1.54, 1.807) is 0 Å². The van der Waals surface area contributed by atoms with E-state index in [0.29, 0.717) is 0 Å². The normalized spacial score (nSPS) is 12.5. The highest BCUT2D eigenvalue weighted by Crippen LogP contribution is 2.01. The Balaban J connectivity index is 4.17. The van der Waals surface area contributed by atoms with Crippen LogP contribution >= 0.6 is 0 Å². The fourth-order valence-corrected chi connectivity index (χ4v) is 0.218. The second-order valence-electron chi connectivity index (χ2n) is 1.60. The summed E-state index contributed by atoms with van der Waals surface area (Å²) in [6.07, 6.45) is 0. The van der Waals surface area contributed by atoms with Crippen molar-refractivity contribution in [1.82, 2.24) is 0 Å². The van der Waals surface area contributed by atoms with Gasteiger partial charge in [-0.2, -0.15) is 8.42 Å². The minimum absolute atomic E-state index is 0.813. The zero-order chi connectivity index (χ0) is 6.78. The Morgan fingerprint density at radius 1 is 1.50 bits per heavy atom. The Morgan fingerprint density at radius 2 is 1.88 bits per heavy atom. The second kappa shape index (κ2) is 2.41. The van der Waals surface area contributed by atoms with Gasteiger partial charge in [-0.05, 0) is 18.4 Å². The zero-order valence-corrected chi connectivity index (χ0v) is 5.40. The highest BCUT2D eigenvalue weighted by atomic mass is 32.2. The number of rotatable bonds is 2. The maximum atomic E-state index is 10.9. The van der Waals surface area contributed by atoms with Crippen LogP contribution in [0.4, 0.5) is 4.53 Å². The summed E-state index contributed by atoms with van der Waals surface area (Å²) >= 11 is 0. The fraction of sp³-hybridized carbons (Fsp3) is 1.00. The van der Waals surface area contributed by atoms with E-state index in [4.69, 9.17) is 0 Å². The third-order valence-electron chi connectivity index (χ3n) is 0.665. The summed E-state index contributed by atoms with van der Waals surface area (Å²) in [5.74, 6) is 0. The van der Waals surface area contributed by atoms with E-state index >= 15 is 0 Å². The van der Waals surface area contributed by atoms with Crippen LogP contribution in [0, 0.1) is 0 Å². The van der Waals surface area contributed by atoms with Gasteiger partial charge in [0.05, 0.1) is 5.25 Å². The molecule has 0 radical (unpaired) electrons. The Morgan fingerprint density at radius 3 is 1.88 bits per heavy atom. The van der Waals surface area contributed by atoms with Crippen molar-refractivity contribution in [1.29, 1.82) is 0 Å². The van der Waals surface area contributed by atoms with Crippen molar-refractivity contribution >= 4 is 10.1 Å². The van der Waals surface area contributed by atoms with Gasteiger partial charge < -0.3 is 0 Å². The molecule has 5 heteroatoms. The van der Waals surface area contributed by atoms with Crippen molar-refractivity contribution in [3.05, 3.63) is 0 Å². The van der Waals surface area contributed by atoms with Gasteiger partial charge in [-0.25, -0.2) is 0 Å². The van der Waals surface area contributed by atoms with Gasteiger partial charge in [-0.15, -0.1) is 0 Å². The van der Waals surface area contributed by atoms with Crippen molar-refractivity contribution in [2.45, 2.75) is 19.1 Å². The summed E-state index contributed by atoms with van der Waals surface area (Å²) in [6.45, 7) is 2.66. The molecule has 0 aromatic heterocycles. The monoisotopic (exact) mass is 142 g/mol. The lowest BCUT2D eigenvalue weighted by Gasteiger charge is -1.97. The van der Waals surface area contributed by atoms with Gasteiger partial charge >= 0.3 is 0 Å². The topological polar surface area (TPSA) is 43.4 Å². The molecule has 50 valence electrons. The van der Waals surface area contributed by atoms with Gasteiger partial charge in [0, 0.05) is 0 Å². The lowest BCUT2D eigenvalue weighted by atomic mass is 10.6. The molecular formula is C3H7FO3S. The van der Waals surface area contributed by atoms with Crippen LogP contribution in [0.15, 0.2) is 0 Å². The van der Waals surface area contributed by atoms with Crippen LogP contribution in [-0.4, -0.2) is 13.7 Å². The molecule has 0 aromatic carbocycles. The first-order valence-corrected chi connectivity index (χ1v) is 3.52. The van der Waals surface area contributed by atoms with Crippen LogP contribution in [0.5, 0.6) is 0 Å². The molecule has 8 heavy (non-hydrogen) atoms. The maximum Gasteiger partial charge on any atom is 0.300 e. The van der Waals surface area contributed by atoms with E-state index in [1.165, 1.54) is 13.8 Å². The van der Waals surface area contributed by atoms with Crippen LogP contribution in [0.25, 0.3) is 0 Å². The van der Waals surface area contributed by atoms with Crippen LogP contribution < -0.4 is 0 Å². The van der Waals surface area contributed by atoms with Crippen molar-refractivity contribution < 1.29 is 17.3 Å². The van der Waals surface area contributed by atoms with E-state index in [1.807, 2.05) is 0 Å². The molecule has 0 bridgehead atoms. The van der Waals surface area contributed by atoms with Crippen LogP contribution in [0.3, 0.4) is 0 Å². The van der Waals surface area contributed by atoms with Gasteiger partial charge in [0.15, 0.2) is 0 Å². The first-order chi connectivity index (χ1) is 3.50. The average Bonchev–Trinajstić information content (AvgIpc) is 1.67. The second-order valence-corrected chi connectivity index (χ2v) is 3.66. The molecule has 0 rings (SSSR count). The van der Waals surface area contributed by atoms with Gasteiger partial charge in [-0.3, -0.25) is 0 Å². The van der Waals surface area contributed by atoms with E-state index in [-0.39, 0.29) is 0 Å². The number of hydrogen-bond donors (Lipinski definition) is 0. The summed E-state index contributed by atoms with van der Waals surface area (Å²) in [5.41, 5.74) is 0. The Bertz CT molecular complexity index is 148. The van der Waals surface area contributed by atoms with Crippen molar-refractivity contribution in [3.63, 3.8) is 0 Å². The molecule has 0 aliphatic carbocycles. The zero-order valence-electron chi connectivity index (χ0n) is 4.59. The molecule has 0 heterocycles. The van der Waals surface area contributed by atoms with E-state index in [0.717, 1.165) is 0 Å². The van der Waals surface area contributed by atoms with Crippen LogP contribution in [0.1, 0.15) is 13.8 Å². The third-order valence-corrected chi connectivity index (χ3v) is 2.00. The molecule has 0 saturated carbocycles. The van der Waals surface area contributed by atoms with E-state index in [9.17, 15) is 12.9 Å². The molecule has 0 aromatic rings. The predicted molar refractivity (Wildman–Crippen MR) is 26.2 cm³/mol. The molecule has 0 N–H and O–H groups in total. The number of hydrogen-bond acceptors (Lipinski definition) is 3. The lowest BCUT2D eigenvalue weighted by molar-refractivity contribution is 0.00164. The smallest absolute Gasteiger partial charge is 0.197 e. The van der Waals surface area contributed by atoms with Gasteiger partial charge in [-0.1, -0.05) is 4.39 Å². The first kappa shape index (κ1) is 7.84. The van der Waals surface area contributed by atoms with E-state index in [2.05, 4.69) is 4.39 Å². The van der Waals surface area contributed by atoms with Crippen molar-refractivity contribution in [2.75, 3.05) is 0 Å². The third kappa shape index (κ3) is 1.75. The molecule has 0 atom stereocenters. The van der Waals surface area contributed by atoms with Gasteiger partial charge in [0.25, 0.3) is 10.1 Å². The Labute approximate surface area is 47.5 Å². The molecule has 0 unspecified atom stereocenters. The standard InChI is InChI=1S/C3H7FO3S/c1-3(2)8(5,6)7-4/h3H,1-2H3. The summed E-state index contributed by atoms with van der Waals surface area (Å²) in [6, 6.07) is 0. The predicted octanol–water partition coefficient (Wildman–Crippen LogP) is 0.626. The summed E-state index contributed by atoms with van der Waals surface area (Å²) < 4.78 is 33.8. The lowest BCUT2D eigenvalue weighted by Crippen LogP contribution is -2.12. The quantitative estimate of drug-likeness (QED) is 0.567. The molecule has 0 amide bonds. The fourth-order valence-electron chi connectivity index (χ4n) is 0.0727. The maximum absolute atomic E-state index is 10.9. The molecule has 0 aliphatic heterocycles. The van der Waals surface area contributed by atoms with Crippen molar-refractivity contribution in [2.24, 2.45) is 0 Å². The first-order valence-electron chi connectivity index (χ1n) is 2.04. The van der Waals surface area contributed by atoms with Crippen LogP contribution in [0.2, 0.25) is 0 Å². The molecule has 0 spiro atoms. The SMILES string of the molecule is CC(C)S(=O)(=O)OF. The number of halogens is 1. The molecule has 0 fully saturated rings. The summed E-state index contributed by atoms with van der Waals surface area (Å²) in [7, 11) is -3.90. The molecule has 0 saturated heterocycles. The van der Waals surface area contributed by atoms with E-state index < -0.39 is 15.4 Å². The summed E-state index contributed by atoms with van der Waals surface area (Å²) in [4.78, 5) is 0. The van der Waals surface area contributed by atoms with Crippen LogP contribution in [-0.2, 0) is 14.5 Å². The van der Waals surface area contributed by atoms with Crippen molar-refractivity contribution in [3.8, 4) is 0 Å². The molecule has 3 nitrogen and oxygen atoms in total. The largest absolute Gasteiger partial charge is 0.300 e. The summed E-state index contributed by atoms with van der Waals surface area (Å²) in [5, 5.41) is -0.813. The minimum Gasteiger partial charge on any atom is -0.197 e. The molecular weight excluding hydrogens is 135 g/mol. The highest BCUT2D eigenvalue weighted by molar-refractivity contribution is 7.87. The molecule has 0 aliphatic rings. The average molecular weight is 142 g/mol. The Hall–Kier alpha value is -0.160. The van der Waals surface area contributed by atoms with Gasteiger partial charge in [0.1, 0.15) is 0 Å². The minimum atomic E-state index is -3.90. The Kier molecular flexibility index (Phi) is 2.36. The van der Waals surface area contributed by atoms with Gasteiger partial charge in [0.2, 0.25) is 0 Å². The highest BCUT2D eigenvalue weighted by Gasteiger charge is 2.16.